The molecule has 0 saturated carbocycles. The number of unbranched alkanes of at least 4 members (excludes halogenated alkanes) is 1. The Morgan fingerprint density at radius 1 is 1.25 bits per heavy atom. The molecule has 0 bridgehead atoms. The van der Waals surface area contributed by atoms with Crippen molar-refractivity contribution >= 4 is 23.4 Å². The van der Waals surface area contributed by atoms with Gasteiger partial charge in [0.05, 0.1) is 0 Å². The summed E-state index contributed by atoms with van der Waals surface area (Å²) in [5, 5.41) is 0. The molecular formula is C18H25N5O5. The number of aromatic nitrogens is 3. The molecule has 0 radical (unpaired) electrons. The Morgan fingerprint density at radius 2 is 2.00 bits per heavy atom. The minimum atomic E-state index is -0.755. The van der Waals surface area contributed by atoms with Gasteiger partial charge in [-0.05, 0) is 25.0 Å². The number of nitrogen functional groups attached to an aromatic ring is 1. The molecule has 0 aliphatic carbocycles. The van der Waals surface area contributed by atoms with Gasteiger partial charge in [0.2, 0.25) is 0 Å². The zero-order chi connectivity index (χ0) is 20.7. The van der Waals surface area contributed by atoms with Crippen LogP contribution in [-0.4, -0.2) is 39.6 Å². The van der Waals surface area contributed by atoms with Crippen molar-refractivity contribution in [2.45, 2.75) is 39.7 Å². The molecular weight excluding hydrogens is 366 g/mol. The second-order valence-electron chi connectivity index (χ2n) is 6.20. The molecule has 0 aromatic carbocycles. The van der Waals surface area contributed by atoms with Crippen LogP contribution in [0.25, 0.3) is 0 Å². The number of rotatable bonds is 9. The molecule has 0 atom stereocenters. The van der Waals surface area contributed by atoms with E-state index in [4.69, 9.17) is 10.5 Å². The highest BCUT2D eigenvalue weighted by molar-refractivity contribution is 5.98. The Morgan fingerprint density at radius 3 is 2.61 bits per heavy atom. The Labute approximate surface area is 161 Å². The third-order valence-electron chi connectivity index (χ3n) is 4.11. The Kier molecular flexibility index (Phi) is 7.19. The van der Waals surface area contributed by atoms with E-state index >= 15 is 0 Å². The van der Waals surface area contributed by atoms with E-state index in [1.165, 1.54) is 15.5 Å². The maximum atomic E-state index is 12.7. The molecule has 1 amide bonds. The van der Waals surface area contributed by atoms with Crippen LogP contribution in [0.4, 0.5) is 11.5 Å². The lowest BCUT2D eigenvalue weighted by atomic mass is 10.2. The summed E-state index contributed by atoms with van der Waals surface area (Å²) in [5.74, 6) is -1.38. The van der Waals surface area contributed by atoms with Crippen LogP contribution in [0, 0.1) is 0 Å². The highest BCUT2D eigenvalue weighted by Gasteiger charge is 2.25. The summed E-state index contributed by atoms with van der Waals surface area (Å²) in [7, 11) is 0. The highest BCUT2D eigenvalue weighted by atomic mass is 16.5. The first-order chi connectivity index (χ1) is 13.4. The number of hydrogen-bond acceptors (Lipinski definition) is 6. The summed E-state index contributed by atoms with van der Waals surface area (Å²) >= 11 is 0. The van der Waals surface area contributed by atoms with E-state index in [0.29, 0.717) is 19.4 Å². The van der Waals surface area contributed by atoms with Crippen molar-refractivity contribution in [3.05, 3.63) is 44.9 Å². The SMILES string of the molecule is CCCCN(C(=O)COC(=O)c1ccc[nH]1)c1c(N)n(CCC)c(=O)[nH]c1=O. The van der Waals surface area contributed by atoms with E-state index in [1.54, 1.807) is 12.3 Å². The first-order valence-corrected chi connectivity index (χ1v) is 9.14. The van der Waals surface area contributed by atoms with Gasteiger partial charge in [0.1, 0.15) is 11.5 Å². The molecule has 2 aromatic rings. The number of aromatic amines is 2. The van der Waals surface area contributed by atoms with E-state index in [2.05, 4.69) is 9.97 Å². The number of amides is 1. The number of nitrogens with zero attached hydrogens (tertiary/aromatic N) is 2. The van der Waals surface area contributed by atoms with Gasteiger partial charge in [-0.3, -0.25) is 19.1 Å². The number of carbonyl (C=O) groups is 2. The first kappa shape index (κ1) is 21.0. The number of hydrogen-bond donors (Lipinski definition) is 3. The largest absolute Gasteiger partial charge is 0.451 e. The van der Waals surface area contributed by atoms with Crippen LogP contribution in [0.15, 0.2) is 27.9 Å². The average Bonchev–Trinajstić information content (AvgIpc) is 3.20. The fourth-order valence-electron chi connectivity index (χ4n) is 2.70. The maximum absolute atomic E-state index is 12.7. The summed E-state index contributed by atoms with van der Waals surface area (Å²) in [5.41, 5.74) is 4.77. The fourth-order valence-corrected chi connectivity index (χ4v) is 2.70. The quantitative estimate of drug-likeness (QED) is 0.541. The number of ether oxygens (including phenoxy) is 1. The molecule has 10 heteroatoms. The number of anilines is 2. The second kappa shape index (κ2) is 9.58. The molecule has 0 aliphatic rings. The molecule has 0 saturated heterocycles. The molecule has 10 nitrogen and oxygen atoms in total. The lowest BCUT2D eigenvalue weighted by Gasteiger charge is -2.24. The van der Waals surface area contributed by atoms with Crippen LogP contribution in [0.1, 0.15) is 43.6 Å². The summed E-state index contributed by atoms with van der Waals surface area (Å²) in [6.07, 6.45) is 3.54. The lowest BCUT2D eigenvalue weighted by molar-refractivity contribution is -0.121. The average molecular weight is 391 g/mol. The Balaban J connectivity index is 2.31. The van der Waals surface area contributed by atoms with Gasteiger partial charge in [-0.2, -0.15) is 0 Å². The molecule has 2 aromatic heterocycles. The second-order valence-corrected chi connectivity index (χ2v) is 6.20. The number of nitrogens with one attached hydrogen (secondary N) is 2. The van der Waals surface area contributed by atoms with Gasteiger partial charge in [-0.1, -0.05) is 20.3 Å². The smallest absolute Gasteiger partial charge is 0.355 e. The van der Waals surface area contributed by atoms with E-state index in [1.807, 2.05) is 13.8 Å². The predicted molar refractivity (Wildman–Crippen MR) is 104 cm³/mol. The van der Waals surface area contributed by atoms with Crippen molar-refractivity contribution in [2.75, 3.05) is 23.8 Å². The van der Waals surface area contributed by atoms with Crippen molar-refractivity contribution in [3.8, 4) is 0 Å². The molecule has 0 spiro atoms. The van der Waals surface area contributed by atoms with Gasteiger partial charge in [0, 0.05) is 19.3 Å². The third kappa shape index (κ3) is 4.70. The number of H-pyrrole nitrogens is 2. The Hall–Kier alpha value is -3.30. The van der Waals surface area contributed by atoms with Crippen LogP contribution in [0.5, 0.6) is 0 Å². The molecule has 0 fully saturated rings. The minimum Gasteiger partial charge on any atom is -0.451 e. The van der Waals surface area contributed by atoms with Crippen LogP contribution in [0.3, 0.4) is 0 Å². The fraction of sp³-hybridized carbons (Fsp3) is 0.444. The number of carbonyl (C=O) groups excluding carboxylic acids is 2. The van der Waals surface area contributed by atoms with Crippen molar-refractivity contribution < 1.29 is 14.3 Å². The predicted octanol–water partition coefficient (Wildman–Crippen LogP) is 0.847. The first-order valence-electron chi connectivity index (χ1n) is 9.14. The van der Waals surface area contributed by atoms with Gasteiger partial charge in [-0.25, -0.2) is 9.59 Å². The number of nitrogens with two attached hydrogens (primary N) is 1. The summed E-state index contributed by atoms with van der Waals surface area (Å²) < 4.78 is 6.25. The van der Waals surface area contributed by atoms with Crippen LogP contribution >= 0.6 is 0 Å². The monoisotopic (exact) mass is 391 g/mol. The standard InChI is InChI=1S/C18H25N5O5/c1-3-5-10-22(13(24)11-28-17(26)12-7-6-8-20-12)14-15(19)23(9-4-2)18(27)21-16(14)25/h6-8,20H,3-5,9-11,19H2,1-2H3,(H,21,25,27). The van der Waals surface area contributed by atoms with Gasteiger partial charge >= 0.3 is 11.7 Å². The summed E-state index contributed by atoms with van der Waals surface area (Å²) in [4.78, 5) is 55.1. The molecule has 0 unspecified atom stereocenters. The molecule has 28 heavy (non-hydrogen) atoms. The topological polar surface area (TPSA) is 143 Å². The number of esters is 1. The molecule has 4 N–H and O–H groups in total. The minimum absolute atomic E-state index is 0.0873. The van der Waals surface area contributed by atoms with E-state index < -0.39 is 29.7 Å². The normalized spacial score (nSPS) is 10.6. The van der Waals surface area contributed by atoms with Crippen molar-refractivity contribution in [1.82, 2.24) is 14.5 Å². The van der Waals surface area contributed by atoms with Crippen LogP contribution in [0.2, 0.25) is 0 Å². The maximum Gasteiger partial charge on any atom is 0.355 e. The zero-order valence-electron chi connectivity index (χ0n) is 16.0. The zero-order valence-corrected chi connectivity index (χ0v) is 16.0. The van der Waals surface area contributed by atoms with Gasteiger partial charge in [0.25, 0.3) is 11.5 Å². The van der Waals surface area contributed by atoms with Crippen LogP contribution in [-0.2, 0) is 16.1 Å². The van der Waals surface area contributed by atoms with Gasteiger partial charge < -0.3 is 20.4 Å². The molecule has 152 valence electrons. The van der Waals surface area contributed by atoms with E-state index in [-0.39, 0.29) is 23.7 Å². The van der Waals surface area contributed by atoms with Crippen molar-refractivity contribution in [3.63, 3.8) is 0 Å². The molecule has 0 aliphatic heterocycles. The molecule has 2 heterocycles. The van der Waals surface area contributed by atoms with Gasteiger partial charge in [0.15, 0.2) is 12.3 Å². The summed E-state index contributed by atoms with van der Waals surface area (Å²) in [6, 6.07) is 3.15. The molecule has 2 rings (SSSR count). The van der Waals surface area contributed by atoms with Crippen molar-refractivity contribution in [1.29, 1.82) is 0 Å². The summed E-state index contributed by atoms with van der Waals surface area (Å²) in [6.45, 7) is 3.72. The highest BCUT2D eigenvalue weighted by Crippen LogP contribution is 2.18. The van der Waals surface area contributed by atoms with Gasteiger partial charge in [-0.15, -0.1) is 0 Å². The van der Waals surface area contributed by atoms with Crippen LogP contribution < -0.4 is 21.9 Å². The Bertz CT molecular complexity index is 929. The third-order valence-corrected chi connectivity index (χ3v) is 4.11. The van der Waals surface area contributed by atoms with Crippen molar-refractivity contribution in [2.24, 2.45) is 0 Å². The lowest BCUT2D eigenvalue weighted by Crippen LogP contribution is -2.43. The van der Waals surface area contributed by atoms with E-state index in [0.717, 1.165) is 6.42 Å². The van der Waals surface area contributed by atoms with E-state index in [9.17, 15) is 19.2 Å².